The molecule has 0 aromatic rings. The highest BCUT2D eigenvalue weighted by atomic mass is 32.2. The van der Waals surface area contributed by atoms with E-state index in [-0.39, 0.29) is 0 Å². The molecule has 0 unspecified atom stereocenters. The Hall–Kier alpha value is -1.69. The van der Waals surface area contributed by atoms with Gasteiger partial charge in [-0.1, -0.05) is 11.8 Å². The average Bonchev–Trinajstić information content (AvgIpc) is 2.75. The van der Waals surface area contributed by atoms with Crippen molar-refractivity contribution in [1.29, 1.82) is 21.0 Å². The van der Waals surface area contributed by atoms with Crippen LogP contribution in [-0.2, 0) is 0 Å². The first kappa shape index (κ1) is 7.42. The van der Waals surface area contributed by atoms with Gasteiger partial charge in [-0.05, 0) is 0 Å². The van der Waals surface area contributed by atoms with Crippen molar-refractivity contribution in [3.63, 3.8) is 0 Å². The molecule has 1 saturated heterocycles. The van der Waals surface area contributed by atoms with Gasteiger partial charge in [0.2, 0.25) is 9.49 Å². The van der Waals surface area contributed by atoms with Crippen molar-refractivity contribution in [2.75, 3.05) is 0 Å². The quantitative estimate of drug-likeness (QED) is 0.475. The number of thioether (sulfide) groups is 1. The Morgan fingerprint density at radius 2 is 1.00 bits per heavy atom. The maximum atomic E-state index is 8.46. The predicted octanol–water partition coefficient (Wildman–Crippen LogP) is 0.305. The summed E-state index contributed by atoms with van der Waals surface area (Å²) in [6.45, 7) is 0. The highest BCUT2D eigenvalue weighted by Crippen LogP contribution is 2.62. The van der Waals surface area contributed by atoms with Crippen molar-refractivity contribution in [3.8, 4) is 24.3 Å². The van der Waals surface area contributed by atoms with Crippen molar-refractivity contribution in [2.24, 2.45) is 0 Å². The van der Waals surface area contributed by atoms with Crippen LogP contribution in [0.15, 0.2) is 0 Å². The summed E-state index contributed by atoms with van der Waals surface area (Å²) in [5, 5.41) is 33.8. The van der Waals surface area contributed by atoms with E-state index in [4.69, 9.17) is 21.0 Å². The molecule has 11 heavy (non-hydrogen) atoms. The lowest BCUT2D eigenvalue weighted by Gasteiger charge is -1.89. The molecule has 0 N–H and O–H groups in total. The van der Waals surface area contributed by atoms with Gasteiger partial charge in [0.1, 0.15) is 0 Å². The van der Waals surface area contributed by atoms with Gasteiger partial charge in [-0.2, -0.15) is 21.0 Å². The summed E-state index contributed by atoms with van der Waals surface area (Å²) in [6.07, 6.45) is 0. The Labute approximate surface area is 67.3 Å². The molecular formula is C6N4S. The van der Waals surface area contributed by atoms with E-state index in [1.807, 2.05) is 0 Å². The fourth-order valence-corrected chi connectivity index (χ4v) is 1.43. The third-order valence-electron chi connectivity index (χ3n) is 1.39. The molecule has 1 fully saturated rings. The van der Waals surface area contributed by atoms with Crippen LogP contribution in [0.2, 0.25) is 0 Å². The molecule has 1 aliphatic heterocycles. The van der Waals surface area contributed by atoms with Gasteiger partial charge in [0.15, 0.2) is 0 Å². The molecule has 50 valence electrons. The maximum Gasteiger partial charge on any atom is 0.232 e. The first-order chi connectivity index (χ1) is 5.20. The molecule has 0 radical (unpaired) electrons. The van der Waals surface area contributed by atoms with Gasteiger partial charge in [-0.3, -0.25) is 0 Å². The molecule has 1 aliphatic rings. The lowest BCUT2D eigenvalue weighted by molar-refractivity contribution is 0.940. The van der Waals surface area contributed by atoms with Crippen molar-refractivity contribution >= 4 is 11.8 Å². The lowest BCUT2D eigenvalue weighted by Crippen LogP contribution is -2.19. The van der Waals surface area contributed by atoms with Gasteiger partial charge in [-0.15, -0.1) is 0 Å². The molecule has 0 bridgehead atoms. The summed E-state index contributed by atoms with van der Waals surface area (Å²) in [4.78, 5) is 0. The summed E-state index contributed by atoms with van der Waals surface area (Å²) in [6, 6.07) is 6.61. The second kappa shape index (κ2) is 1.89. The molecule has 1 rings (SSSR count). The maximum absolute atomic E-state index is 8.46. The molecule has 0 aromatic carbocycles. The third kappa shape index (κ3) is 0.609. The summed E-state index contributed by atoms with van der Waals surface area (Å²) >= 11 is 0.787. The van der Waals surface area contributed by atoms with E-state index in [0.29, 0.717) is 0 Å². The second-order valence-electron chi connectivity index (χ2n) is 1.91. The van der Waals surface area contributed by atoms with Gasteiger partial charge in [0.25, 0.3) is 0 Å². The van der Waals surface area contributed by atoms with Crippen molar-refractivity contribution in [2.45, 2.75) is 9.49 Å². The standard InChI is InChI=1S/C6N4S/c7-1-5(2-8)6(3-9,4-10)11-5. The molecule has 0 amide bonds. The predicted molar refractivity (Wildman–Crippen MR) is 35.5 cm³/mol. The fourth-order valence-electron chi connectivity index (χ4n) is 0.660. The monoisotopic (exact) mass is 160 g/mol. The van der Waals surface area contributed by atoms with E-state index in [9.17, 15) is 0 Å². The van der Waals surface area contributed by atoms with Crippen LogP contribution in [0.1, 0.15) is 0 Å². The van der Waals surface area contributed by atoms with Gasteiger partial charge in [0, 0.05) is 0 Å². The molecule has 0 spiro atoms. The normalized spacial score (nSPS) is 21.5. The van der Waals surface area contributed by atoms with Gasteiger partial charge in [0.05, 0.1) is 24.3 Å². The molecule has 4 nitrogen and oxygen atoms in total. The number of rotatable bonds is 0. The molecule has 0 saturated carbocycles. The van der Waals surface area contributed by atoms with Crippen molar-refractivity contribution < 1.29 is 0 Å². The van der Waals surface area contributed by atoms with Crippen LogP contribution in [0.3, 0.4) is 0 Å². The molecule has 0 aromatic heterocycles. The van der Waals surface area contributed by atoms with Crippen molar-refractivity contribution in [1.82, 2.24) is 0 Å². The van der Waals surface area contributed by atoms with E-state index in [0.717, 1.165) is 11.8 Å². The van der Waals surface area contributed by atoms with Gasteiger partial charge in [-0.25, -0.2) is 0 Å². The molecular weight excluding hydrogens is 160 g/mol. The zero-order chi connectivity index (χ0) is 8.54. The van der Waals surface area contributed by atoms with Crippen LogP contribution in [0.4, 0.5) is 0 Å². The Morgan fingerprint density at radius 1 is 0.727 bits per heavy atom. The van der Waals surface area contributed by atoms with E-state index in [1.165, 1.54) is 0 Å². The van der Waals surface area contributed by atoms with Gasteiger partial charge < -0.3 is 0 Å². The zero-order valence-corrected chi connectivity index (χ0v) is 6.01. The first-order valence-corrected chi connectivity index (χ1v) is 3.37. The van der Waals surface area contributed by atoms with E-state index in [2.05, 4.69) is 0 Å². The number of nitriles is 4. The van der Waals surface area contributed by atoms with Crippen LogP contribution in [0, 0.1) is 45.3 Å². The van der Waals surface area contributed by atoms with E-state index in [1.54, 1.807) is 24.3 Å². The summed E-state index contributed by atoms with van der Waals surface area (Å²) in [5.41, 5.74) is 0. The van der Waals surface area contributed by atoms with Crippen LogP contribution < -0.4 is 0 Å². The highest BCUT2D eigenvalue weighted by molar-refractivity contribution is 8.11. The van der Waals surface area contributed by atoms with Gasteiger partial charge >= 0.3 is 0 Å². The smallest absolute Gasteiger partial charge is 0.195 e. The highest BCUT2D eigenvalue weighted by Gasteiger charge is 2.74. The van der Waals surface area contributed by atoms with Crippen LogP contribution in [-0.4, -0.2) is 9.49 Å². The average molecular weight is 160 g/mol. The largest absolute Gasteiger partial charge is 0.232 e. The van der Waals surface area contributed by atoms with E-state index < -0.39 is 9.49 Å². The van der Waals surface area contributed by atoms with Crippen LogP contribution >= 0.6 is 11.8 Å². The molecule has 5 heteroatoms. The third-order valence-corrected chi connectivity index (χ3v) is 2.78. The Kier molecular flexibility index (Phi) is 1.28. The fraction of sp³-hybridized carbons (Fsp3) is 0.333. The molecule has 1 heterocycles. The number of nitrogens with zero attached hydrogens (tertiary/aromatic N) is 4. The van der Waals surface area contributed by atoms with Crippen LogP contribution in [0.5, 0.6) is 0 Å². The Morgan fingerprint density at radius 3 is 1.09 bits per heavy atom. The molecule has 0 aliphatic carbocycles. The summed E-state index contributed by atoms with van der Waals surface area (Å²) in [7, 11) is 0. The SMILES string of the molecule is N#CC1(C#N)SC1(C#N)C#N. The zero-order valence-electron chi connectivity index (χ0n) is 5.20. The Balaban J connectivity index is 3.11. The summed E-state index contributed by atoms with van der Waals surface area (Å²) < 4.78 is -2.90. The minimum Gasteiger partial charge on any atom is -0.195 e. The topological polar surface area (TPSA) is 95.2 Å². The number of hydrogen-bond acceptors (Lipinski definition) is 5. The summed E-state index contributed by atoms with van der Waals surface area (Å²) in [5.74, 6) is 0. The van der Waals surface area contributed by atoms with E-state index >= 15 is 0 Å². The number of hydrogen-bond donors (Lipinski definition) is 0. The van der Waals surface area contributed by atoms with Crippen LogP contribution in [0.25, 0.3) is 0 Å². The first-order valence-electron chi connectivity index (χ1n) is 2.55. The molecule has 0 atom stereocenters. The van der Waals surface area contributed by atoms with Crippen molar-refractivity contribution in [3.05, 3.63) is 0 Å². The lowest BCUT2D eigenvalue weighted by atomic mass is 9.98. The second-order valence-corrected chi connectivity index (χ2v) is 3.34. The minimum atomic E-state index is -1.45. The Bertz CT molecular complexity index is 294. The minimum absolute atomic E-state index is 0.787.